The van der Waals surface area contributed by atoms with Gasteiger partial charge in [0, 0.05) is 23.9 Å². The highest BCUT2D eigenvalue weighted by Gasteiger charge is 2.14. The standard InChI is InChI=1S/C15H15N3O2S2/c1-9-17-10(8-21-9)7-16-15-18-11-5-12-13(6-14(11)22-15)20-4-2-3-19-12/h5-6,8H,2-4,7H2,1H3,(H,16,18). The van der Waals surface area contributed by atoms with Crippen LogP contribution >= 0.6 is 22.7 Å². The second-order valence-corrected chi connectivity index (χ2v) is 7.14. The van der Waals surface area contributed by atoms with E-state index in [4.69, 9.17) is 9.47 Å². The molecule has 114 valence electrons. The number of anilines is 1. The molecule has 3 aromatic rings. The molecule has 0 fully saturated rings. The van der Waals surface area contributed by atoms with Crippen LogP contribution in [0.1, 0.15) is 17.1 Å². The highest BCUT2D eigenvalue weighted by Crippen LogP contribution is 2.37. The quantitative estimate of drug-likeness (QED) is 0.789. The Balaban J connectivity index is 1.57. The number of hydrogen-bond donors (Lipinski definition) is 1. The van der Waals surface area contributed by atoms with E-state index >= 15 is 0 Å². The summed E-state index contributed by atoms with van der Waals surface area (Å²) in [5.41, 5.74) is 1.98. The summed E-state index contributed by atoms with van der Waals surface area (Å²) in [6.07, 6.45) is 0.912. The van der Waals surface area contributed by atoms with E-state index in [1.807, 2.05) is 19.1 Å². The van der Waals surface area contributed by atoms with Gasteiger partial charge >= 0.3 is 0 Å². The molecule has 1 N–H and O–H groups in total. The number of rotatable bonds is 3. The van der Waals surface area contributed by atoms with Gasteiger partial charge in [-0.2, -0.15) is 0 Å². The smallest absolute Gasteiger partial charge is 0.184 e. The van der Waals surface area contributed by atoms with Crippen LogP contribution in [0.3, 0.4) is 0 Å². The molecule has 2 aromatic heterocycles. The van der Waals surface area contributed by atoms with Gasteiger partial charge in [0.2, 0.25) is 0 Å². The van der Waals surface area contributed by atoms with E-state index in [0.29, 0.717) is 19.8 Å². The van der Waals surface area contributed by atoms with E-state index in [1.54, 1.807) is 22.7 Å². The van der Waals surface area contributed by atoms with Crippen molar-refractivity contribution < 1.29 is 9.47 Å². The molecule has 0 saturated heterocycles. The van der Waals surface area contributed by atoms with Crippen molar-refractivity contribution in [3.8, 4) is 11.5 Å². The van der Waals surface area contributed by atoms with Crippen LogP contribution in [-0.2, 0) is 6.54 Å². The SMILES string of the molecule is Cc1nc(CNc2nc3cc4c(cc3s2)OCCCO4)cs1. The van der Waals surface area contributed by atoms with E-state index in [2.05, 4.69) is 20.7 Å². The molecule has 1 aliphatic heterocycles. The van der Waals surface area contributed by atoms with Crippen LogP contribution in [0.25, 0.3) is 10.2 Å². The summed E-state index contributed by atoms with van der Waals surface area (Å²) in [4.78, 5) is 9.07. The molecule has 0 amide bonds. The number of benzene rings is 1. The number of aryl methyl sites for hydroxylation is 1. The summed E-state index contributed by atoms with van der Waals surface area (Å²) in [7, 11) is 0. The Morgan fingerprint density at radius 3 is 2.77 bits per heavy atom. The maximum atomic E-state index is 5.72. The van der Waals surface area contributed by atoms with Gasteiger partial charge in [0.25, 0.3) is 0 Å². The molecule has 0 saturated carbocycles. The molecule has 1 aromatic carbocycles. The van der Waals surface area contributed by atoms with Gasteiger partial charge in [-0.3, -0.25) is 0 Å². The van der Waals surface area contributed by atoms with E-state index in [0.717, 1.165) is 44.0 Å². The average molecular weight is 333 g/mol. The van der Waals surface area contributed by atoms with E-state index in [-0.39, 0.29) is 0 Å². The van der Waals surface area contributed by atoms with Crippen LogP contribution in [0.15, 0.2) is 17.5 Å². The molecule has 22 heavy (non-hydrogen) atoms. The monoisotopic (exact) mass is 333 g/mol. The van der Waals surface area contributed by atoms with Gasteiger partial charge in [-0.25, -0.2) is 9.97 Å². The van der Waals surface area contributed by atoms with Crippen molar-refractivity contribution in [2.24, 2.45) is 0 Å². The van der Waals surface area contributed by atoms with Gasteiger partial charge in [0.1, 0.15) is 0 Å². The molecule has 1 aliphatic rings. The van der Waals surface area contributed by atoms with Crippen molar-refractivity contribution in [3.63, 3.8) is 0 Å². The fourth-order valence-electron chi connectivity index (χ4n) is 2.32. The minimum absolute atomic E-state index is 0.691. The molecule has 4 rings (SSSR count). The van der Waals surface area contributed by atoms with E-state index in [9.17, 15) is 0 Å². The predicted octanol–water partition coefficient (Wildman–Crippen LogP) is 3.83. The molecule has 0 atom stereocenters. The molecule has 0 bridgehead atoms. The molecule has 0 unspecified atom stereocenters. The molecule has 0 aliphatic carbocycles. The van der Waals surface area contributed by atoms with E-state index in [1.165, 1.54) is 0 Å². The van der Waals surface area contributed by atoms with Gasteiger partial charge in [-0.15, -0.1) is 11.3 Å². The number of nitrogens with one attached hydrogen (secondary N) is 1. The first-order chi connectivity index (χ1) is 10.8. The number of nitrogens with zero attached hydrogens (tertiary/aromatic N) is 2. The van der Waals surface area contributed by atoms with Crippen LogP contribution in [0.2, 0.25) is 0 Å². The average Bonchev–Trinajstić information content (AvgIpc) is 3.02. The lowest BCUT2D eigenvalue weighted by Crippen LogP contribution is -1.98. The summed E-state index contributed by atoms with van der Waals surface area (Å²) < 4.78 is 12.5. The zero-order valence-corrected chi connectivity index (χ0v) is 13.7. The largest absolute Gasteiger partial charge is 0.490 e. The van der Waals surface area contributed by atoms with Crippen LogP contribution < -0.4 is 14.8 Å². The maximum absolute atomic E-state index is 5.72. The fraction of sp³-hybridized carbons (Fsp3) is 0.333. The fourth-order valence-corrected chi connectivity index (χ4v) is 3.80. The van der Waals surface area contributed by atoms with Gasteiger partial charge in [-0.1, -0.05) is 11.3 Å². The normalized spacial score (nSPS) is 14.0. The zero-order valence-electron chi connectivity index (χ0n) is 12.1. The molecule has 0 radical (unpaired) electrons. The number of fused-ring (bicyclic) bond motifs is 2. The molecule has 0 spiro atoms. The predicted molar refractivity (Wildman–Crippen MR) is 89.4 cm³/mol. The molecular formula is C15H15N3O2S2. The Morgan fingerprint density at radius 1 is 1.18 bits per heavy atom. The topological polar surface area (TPSA) is 56.3 Å². The summed E-state index contributed by atoms with van der Waals surface area (Å²) >= 11 is 3.28. The zero-order chi connectivity index (χ0) is 14.9. The summed E-state index contributed by atoms with van der Waals surface area (Å²) in [5.74, 6) is 1.60. The second-order valence-electron chi connectivity index (χ2n) is 5.05. The third-order valence-electron chi connectivity index (χ3n) is 3.35. The molecule has 7 heteroatoms. The number of ether oxygens (including phenoxy) is 2. The van der Waals surface area contributed by atoms with E-state index < -0.39 is 0 Å². The Morgan fingerprint density at radius 2 is 2.00 bits per heavy atom. The van der Waals surface area contributed by atoms with Gasteiger partial charge < -0.3 is 14.8 Å². The first-order valence-corrected chi connectivity index (χ1v) is 8.82. The first-order valence-electron chi connectivity index (χ1n) is 7.13. The lowest BCUT2D eigenvalue weighted by atomic mass is 10.3. The van der Waals surface area contributed by atoms with Crippen molar-refractivity contribution in [1.82, 2.24) is 9.97 Å². The highest BCUT2D eigenvalue weighted by atomic mass is 32.1. The lowest BCUT2D eigenvalue weighted by molar-refractivity contribution is 0.297. The van der Waals surface area contributed by atoms with Crippen molar-refractivity contribution >= 4 is 38.0 Å². The van der Waals surface area contributed by atoms with Crippen LogP contribution in [0.5, 0.6) is 11.5 Å². The minimum atomic E-state index is 0.691. The van der Waals surface area contributed by atoms with Crippen LogP contribution in [-0.4, -0.2) is 23.2 Å². The van der Waals surface area contributed by atoms with Crippen LogP contribution in [0, 0.1) is 6.92 Å². The summed E-state index contributed by atoms with van der Waals surface area (Å²) in [6, 6.07) is 3.98. The lowest BCUT2D eigenvalue weighted by Gasteiger charge is -2.05. The van der Waals surface area contributed by atoms with Gasteiger partial charge in [0.15, 0.2) is 16.6 Å². The first kappa shape index (κ1) is 13.8. The van der Waals surface area contributed by atoms with Crippen molar-refractivity contribution in [2.45, 2.75) is 19.9 Å². The number of aromatic nitrogens is 2. The third-order valence-corrected chi connectivity index (χ3v) is 5.14. The van der Waals surface area contributed by atoms with Crippen molar-refractivity contribution in [2.75, 3.05) is 18.5 Å². The van der Waals surface area contributed by atoms with Crippen LogP contribution in [0.4, 0.5) is 5.13 Å². The van der Waals surface area contributed by atoms with Crippen molar-refractivity contribution in [3.05, 3.63) is 28.2 Å². The summed E-state index contributed by atoms with van der Waals surface area (Å²) in [5, 5.41) is 7.38. The van der Waals surface area contributed by atoms with Crippen molar-refractivity contribution in [1.29, 1.82) is 0 Å². The Kier molecular flexibility index (Phi) is 3.59. The Hall–Kier alpha value is -1.86. The highest BCUT2D eigenvalue weighted by molar-refractivity contribution is 7.22. The molecule has 5 nitrogen and oxygen atoms in total. The minimum Gasteiger partial charge on any atom is -0.490 e. The Labute approximate surface area is 135 Å². The Bertz CT molecular complexity index is 769. The summed E-state index contributed by atoms with van der Waals surface area (Å²) in [6.45, 7) is 4.10. The molecule has 3 heterocycles. The number of hydrogen-bond acceptors (Lipinski definition) is 7. The second kappa shape index (κ2) is 5.73. The van der Waals surface area contributed by atoms with Gasteiger partial charge in [-0.05, 0) is 6.92 Å². The third kappa shape index (κ3) is 2.74. The molecular weight excluding hydrogens is 318 g/mol. The maximum Gasteiger partial charge on any atom is 0.184 e. The van der Waals surface area contributed by atoms with Gasteiger partial charge in [0.05, 0.1) is 40.7 Å². The number of thiazole rings is 2.